The highest BCUT2D eigenvalue weighted by Gasteiger charge is 2.26. The Balaban J connectivity index is 0. The topological polar surface area (TPSA) is 176 Å². The van der Waals surface area contributed by atoms with E-state index in [4.69, 9.17) is 25.1 Å². The van der Waals surface area contributed by atoms with Gasteiger partial charge in [0.25, 0.3) is 0 Å². The lowest BCUT2D eigenvalue weighted by atomic mass is 10.1. The molecular weight excluding hydrogens is 235 g/mol. The van der Waals surface area contributed by atoms with Crippen molar-refractivity contribution in [3.05, 3.63) is 0 Å². The van der Waals surface area contributed by atoms with E-state index in [2.05, 4.69) is 4.52 Å². The van der Waals surface area contributed by atoms with Gasteiger partial charge in [0.1, 0.15) is 18.8 Å². The molecule has 2 atom stereocenters. The monoisotopic (exact) mass is 248 g/mol. The number of rotatable bonds is 6. The molecule has 0 amide bonds. The molecule has 0 aromatic heterocycles. The molecule has 0 aliphatic carbocycles. The summed E-state index contributed by atoms with van der Waals surface area (Å²) in [5, 5.41) is 26.1. The van der Waals surface area contributed by atoms with Crippen LogP contribution in [0.1, 0.15) is 0 Å². The van der Waals surface area contributed by atoms with Gasteiger partial charge in [0.15, 0.2) is 5.78 Å². The van der Waals surface area contributed by atoms with Gasteiger partial charge in [-0.2, -0.15) is 0 Å². The van der Waals surface area contributed by atoms with Gasteiger partial charge in [0.05, 0.1) is 6.61 Å². The average molecular weight is 248 g/mol. The summed E-state index contributed by atoms with van der Waals surface area (Å²) >= 11 is 0. The van der Waals surface area contributed by atoms with Crippen molar-refractivity contribution in [1.82, 2.24) is 0 Å². The van der Waals surface area contributed by atoms with Crippen molar-refractivity contribution < 1.29 is 44.5 Å². The van der Waals surface area contributed by atoms with Gasteiger partial charge in [-0.1, -0.05) is 0 Å². The van der Waals surface area contributed by atoms with E-state index in [-0.39, 0.29) is 5.48 Å². The number of hydrogen-bond donors (Lipinski definition) is 5. The molecule has 0 saturated heterocycles. The zero-order valence-corrected chi connectivity index (χ0v) is 8.37. The highest BCUT2D eigenvalue weighted by atomic mass is 31.2. The van der Waals surface area contributed by atoms with E-state index in [1.54, 1.807) is 0 Å². The second-order valence-electron chi connectivity index (χ2n) is 2.42. The van der Waals surface area contributed by atoms with Crippen molar-refractivity contribution in [3.63, 3.8) is 0 Å². The SMILES string of the molecule is O.O=C(CO)[C@@H](O)[C@H](O)COP(=O)(O)O. The van der Waals surface area contributed by atoms with E-state index in [0.29, 0.717) is 0 Å². The molecule has 0 unspecified atom stereocenters. The molecule has 92 valence electrons. The number of aliphatic hydroxyl groups is 3. The Bertz CT molecular complexity index is 235. The molecule has 0 aromatic carbocycles. The largest absolute Gasteiger partial charge is 0.469 e. The van der Waals surface area contributed by atoms with E-state index in [1.165, 1.54) is 0 Å². The molecule has 0 aliphatic heterocycles. The lowest BCUT2D eigenvalue weighted by Crippen LogP contribution is -2.38. The molecular formula is C5H13O9P. The van der Waals surface area contributed by atoms with E-state index < -0.39 is 39.0 Å². The van der Waals surface area contributed by atoms with Crippen molar-refractivity contribution in [2.45, 2.75) is 12.2 Å². The van der Waals surface area contributed by atoms with Crippen LogP contribution in [0, 0.1) is 0 Å². The number of Topliss-reactive ketones (excluding diaryl/α,β-unsaturated/α-hetero) is 1. The number of carbonyl (C=O) groups excluding carboxylic acids is 1. The van der Waals surface area contributed by atoms with Crippen LogP contribution in [0.5, 0.6) is 0 Å². The zero-order chi connectivity index (χ0) is 11.4. The molecule has 0 heterocycles. The fraction of sp³-hybridized carbons (Fsp3) is 0.800. The van der Waals surface area contributed by atoms with Crippen molar-refractivity contribution in [3.8, 4) is 0 Å². The van der Waals surface area contributed by atoms with E-state index in [9.17, 15) is 9.36 Å². The third-order valence-corrected chi connectivity index (χ3v) is 1.75. The number of ketones is 1. The maximum Gasteiger partial charge on any atom is 0.469 e. The van der Waals surface area contributed by atoms with E-state index in [0.717, 1.165) is 0 Å². The zero-order valence-electron chi connectivity index (χ0n) is 7.48. The van der Waals surface area contributed by atoms with Gasteiger partial charge >= 0.3 is 7.82 Å². The summed E-state index contributed by atoms with van der Waals surface area (Å²) in [6.07, 6.45) is -3.71. The van der Waals surface area contributed by atoms with Crippen LogP contribution >= 0.6 is 7.82 Å². The third-order valence-electron chi connectivity index (χ3n) is 1.26. The summed E-state index contributed by atoms with van der Waals surface area (Å²) in [4.78, 5) is 27.0. The first kappa shape index (κ1) is 17.0. The van der Waals surface area contributed by atoms with Crippen LogP contribution in [0.2, 0.25) is 0 Å². The fourth-order valence-electron chi connectivity index (χ4n) is 0.573. The van der Waals surface area contributed by atoms with Crippen molar-refractivity contribution >= 4 is 13.6 Å². The standard InChI is InChI=1S/C5H11O8P.H2O/c6-1-3(7)5(9)4(8)2-13-14(10,11)12;/h4-6,8-9H,1-2H2,(H2,10,11,12);1H2/t4-,5-;/m1./s1. The molecule has 0 rings (SSSR count). The minimum atomic E-state index is -4.74. The maximum absolute atomic E-state index is 10.6. The van der Waals surface area contributed by atoms with Gasteiger partial charge in [-0.25, -0.2) is 4.57 Å². The van der Waals surface area contributed by atoms with Crippen molar-refractivity contribution in [2.75, 3.05) is 13.2 Å². The summed E-state index contributed by atoms with van der Waals surface area (Å²) < 4.78 is 14.0. The first-order chi connectivity index (χ1) is 6.28. The van der Waals surface area contributed by atoms with Crippen LogP contribution in [0.4, 0.5) is 0 Å². The second kappa shape index (κ2) is 6.99. The van der Waals surface area contributed by atoms with Gasteiger partial charge in [0, 0.05) is 0 Å². The summed E-state index contributed by atoms with van der Waals surface area (Å²) in [5.74, 6) is -1.06. The summed E-state index contributed by atoms with van der Waals surface area (Å²) in [7, 11) is -4.74. The minimum absolute atomic E-state index is 0. The summed E-state index contributed by atoms with van der Waals surface area (Å²) in [6.45, 7) is -1.88. The quantitative estimate of drug-likeness (QED) is 0.301. The Morgan fingerprint density at radius 2 is 1.80 bits per heavy atom. The predicted octanol–water partition coefficient (Wildman–Crippen LogP) is -3.45. The summed E-state index contributed by atoms with van der Waals surface area (Å²) in [6, 6.07) is 0. The Labute approximate surface area is 84.5 Å². The van der Waals surface area contributed by atoms with Crippen LogP contribution < -0.4 is 0 Å². The molecule has 0 bridgehead atoms. The molecule has 10 heteroatoms. The fourth-order valence-corrected chi connectivity index (χ4v) is 0.920. The Morgan fingerprint density at radius 1 is 1.33 bits per heavy atom. The predicted molar refractivity (Wildman–Crippen MR) is 45.7 cm³/mol. The van der Waals surface area contributed by atoms with Crippen LogP contribution in [0.15, 0.2) is 0 Å². The van der Waals surface area contributed by atoms with Crippen LogP contribution in [0.25, 0.3) is 0 Å². The first-order valence-electron chi connectivity index (χ1n) is 3.47. The Hall–Kier alpha value is -0.380. The van der Waals surface area contributed by atoms with Gasteiger partial charge in [-0.05, 0) is 0 Å². The molecule has 0 aliphatic rings. The molecule has 9 nitrogen and oxygen atoms in total. The average Bonchev–Trinajstić information content (AvgIpc) is 2.10. The number of carbonyl (C=O) groups is 1. The van der Waals surface area contributed by atoms with Gasteiger partial charge in [-0.3, -0.25) is 9.32 Å². The van der Waals surface area contributed by atoms with E-state index in [1.807, 2.05) is 0 Å². The highest BCUT2D eigenvalue weighted by Crippen LogP contribution is 2.35. The second-order valence-corrected chi connectivity index (χ2v) is 3.66. The Kier molecular flexibility index (Phi) is 7.93. The highest BCUT2D eigenvalue weighted by molar-refractivity contribution is 7.46. The molecule has 7 N–H and O–H groups in total. The normalized spacial score (nSPS) is 15.3. The maximum atomic E-state index is 10.6. The van der Waals surface area contributed by atoms with Crippen LogP contribution in [0.3, 0.4) is 0 Å². The molecule has 15 heavy (non-hydrogen) atoms. The van der Waals surface area contributed by atoms with E-state index >= 15 is 0 Å². The first-order valence-corrected chi connectivity index (χ1v) is 5.00. The third kappa shape index (κ3) is 7.54. The molecule has 0 radical (unpaired) electrons. The Morgan fingerprint density at radius 3 is 2.13 bits per heavy atom. The molecule has 0 fully saturated rings. The van der Waals surface area contributed by atoms with Crippen LogP contribution in [-0.4, -0.2) is 61.8 Å². The smallest absolute Gasteiger partial charge is 0.412 e. The number of hydrogen-bond acceptors (Lipinski definition) is 6. The molecule has 0 saturated carbocycles. The lowest BCUT2D eigenvalue weighted by molar-refractivity contribution is -0.137. The van der Waals surface area contributed by atoms with Gasteiger partial charge in [0.2, 0.25) is 0 Å². The van der Waals surface area contributed by atoms with Gasteiger partial charge < -0.3 is 30.6 Å². The number of phosphoric acid groups is 1. The summed E-state index contributed by atoms with van der Waals surface area (Å²) in [5.41, 5.74) is 0. The lowest BCUT2D eigenvalue weighted by Gasteiger charge is -2.15. The number of aliphatic hydroxyl groups excluding tert-OH is 3. The van der Waals surface area contributed by atoms with Gasteiger partial charge in [-0.15, -0.1) is 0 Å². The molecule has 0 spiro atoms. The minimum Gasteiger partial charge on any atom is -0.412 e. The van der Waals surface area contributed by atoms with Crippen molar-refractivity contribution in [2.24, 2.45) is 0 Å². The number of phosphoric ester groups is 1. The van der Waals surface area contributed by atoms with Crippen LogP contribution in [-0.2, 0) is 13.9 Å². The van der Waals surface area contributed by atoms with Crippen molar-refractivity contribution in [1.29, 1.82) is 0 Å². The molecule has 0 aromatic rings.